The van der Waals surface area contributed by atoms with Gasteiger partial charge in [-0.2, -0.15) is 0 Å². The van der Waals surface area contributed by atoms with Crippen LogP contribution in [0.25, 0.3) is 0 Å². The van der Waals surface area contributed by atoms with Gasteiger partial charge in [0.2, 0.25) is 6.17 Å². The SMILES string of the molecule is CN1C(=O)C(NC(=O)OCc2ccccc2)N=C(C2CCCC2)c2ccccc21. The zero-order valence-corrected chi connectivity index (χ0v) is 16.5. The minimum absolute atomic E-state index is 0.142. The number of para-hydroxylation sites is 1. The van der Waals surface area contributed by atoms with E-state index in [-0.39, 0.29) is 12.5 Å². The Morgan fingerprint density at radius 2 is 1.79 bits per heavy atom. The summed E-state index contributed by atoms with van der Waals surface area (Å²) in [5.41, 5.74) is 3.58. The molecule has 0 spiro atoms. The molecule has 6 heteroatoms. The van der Waals surface area contributed by atoms with Gasteiger partial charge in [0.1, 0.15) is 6.61 Å². The normalized spacial score (nSPS) is 19.3. The van der Waals surface area contributed by atoms with Gasteiger partial charge in [0.25, 0.3) is 5.91 Å². The van der Waals surface area contributed by atoms with E-state index in [0.717, 1.165) is 48.2 Å². The number of hydrogen-bond donors (Lipinski definition) is 1. The average molecular weight is 391 g/mol. The van der Waals surface area contributed by atoms with E-state index in [0.29, 0.717) is 5.92 Å². The van der Waals surface area contributed by atoms with Gasteiger partial charge in [-0.05, 0) is 24.5 Å². The molecule has 0 radical (unpaired) electrons. The third kappa shape index (κ3) is 4.16. The van der Waals surface area contributed by atoms with Crippen LogP contribution < -0.4 is 10.2 Å². The van der Waals surface area contributed by atoms with Gasteiger partial charge in [0.15, 0.2) is 0 Å². The van der Waals surface area contributed by atoms with Crippen molar-refractivity contribution in [2.45, 2.75) is 38.5 Å². The van der Waals surface area contributed by atoms with E-state index >= 15 is 0 Å². The molecule has 0 bridgehead atoms. The maximum absolute atomic E-state index is 13.0. The molecule has 1 aliphatic carbocycles. The molecule has 1 heterocycles. The molecule has 4 rings (SSSR count). The van der Waals surface area contributed by atoms with E-state index in [4.69, 9.17) is 9.73 Å². The Morgan fingerprint density at radius 1 is 1.10 bits per heavy atom. The van der Waals surface area contributed by atoms with E-state index in [9.17, 15) is 9.59 Å². The highest BCUT2D eigenvalue weighted by molar-refractivity contribution is 6.13. The van der Waals surface area contributed by atoms with Crippen molar-refractivity contribution in [3.05, 3.63) is 65.7 Å². The van der Waals surface area contributed by atoms with E-state index in [1.807, 2.05) is 54.6 Å². The van der Waals surface area contributed by atoms with Crippen molar-refractivity contribution in [3.63, 3.8) is 0 Å². The molecule has 1 unspecified atom stereocenters. The van der Waals surface area contributed by atoms with Gasteiger partial charge in [0.05, 0.1) is 11.4 Å². The van der Waals surface area contributed by atoms with Crippen LogP contribution in [-0.2, 0) is 16.1 Å². The maximum Gasteiger partial charge on any atom is 0.409 e. The molecular weight excluding hydrogens is 366 g/mol. The molecule has 0 saturated heterocycles. The maximum atomic E-state index is 13.0. The number of fused-ring (bicyclic) bond motifs is 1. The number of anilines is 1. The first kappa shape index (κ1) is 19.2. The molecule has 1 aliphatic heterocycles. The van der Waals surface area contributed by atoms with Gasteiger partial charge >= 0.3 is 6.09 Å². The molecule has 1 saturated carbocycles. The van der Waals surface area contributed by atoms with E-state index in [2.05, 4.69) is 5.32 Å². The summed E-state index contributed by atoms with van der Waals surface area (Å²) in [7, 11) is 1.72. The highest BCUT2D eigenvalue weighted by Crippen LogP contribution is 2.34. The number of carbonyl (C=O) groups is 2. The van der Waals surface area contributed by atoms with Crippen molar-refractivity contribution in [1.29, 1.82) is 0 Å². The average Bonchev–Trinajstić information content (AvgIpc) is 3.26. The van der Waals surface area contributed by atoms with Gasteiger partial charge < -0.3 is 9.64 Å². The van der Waals surface area contributed by atoms with Crippen molar-refractivity contribution in [1.82, 2.24) is 5.32 Å². The first-order chi connectivity index (χ1) is 14.1. The Bertz CT molecular complexity index is 920. The summed E-state index contributed by atoms with van der Waals surface area (Å²) >= 11 is 0. The van der Waals surface area contributed by atoms with Gasteiger partial charge in [0, 0.05) is 18.5 Å². The summed E-state index contributed by atoms with van der Waals surface area (Å²) in [6, 6.07) is 17.2. The minimum atomic E-state index is -0.994. The molecule has 150 valence electrons. The van der Waals surface area contributed by atoms with Crippen molar-refractivity contribution < 1.29 is 14.3 Å². The molecular formula is C23H25N3O3. The number of ether oxygens (including phenoxy) is 1. The van der Waals surface area contributed by atoms with Gasteiger partial charge in [-0.25, -0.2) is 4.79 Å². The van der Waals surface area contributed by atoms with Crippen LogP contribution in [0.15, 0.2) is 59.6 Å². The molecule has 0 aromatic heterocycles. The second-order valence-electron chi connectivity index (χ2n) is 7.52. The number of rotatable bonds is 4. The van der Waals surface area contributed by atoms with Crippen LogP contribution in [-0.4, -0.2) is 30.9 Å². The van der Waals surface area contributed by atoms with Gasteiger partial charge in [-0.3, -0.25) is 15.1 Å². The lowest BCUT2D eigenvalue weighted by molar-refractivity contribution is -0.120. The zero-order valence-electron chi connectivity index (χ0n) is 16.5. The van der Waals surface area contributed by atoms with E-state index < -0.39 is 12.3 Å². The molecule has 29 heavy (non-hydrogen) atoms. The Hall–Kier alpha value is -3.15. The number of benzene rings is 2. The Kier molecular flexibility index (Phi) is 5.60. The summed E-state index contributed by atoms with van der Waals surface area (Å²) in [5.74, 6) is 0.0298. The molecule has 1 fully saturated rings. The van der Waals surface area contributed by atoms with Crippen LogP contribution in [0.1, 0.15) is 36.8 Å². The van der Waals surface area contributed by atoms with Crippen molar-refractivity contribution >= 4 is 23.4 Å². The van der Waals surface area contributed by atoms with Crippen LogP contribution in [0.4, 0.5) is 10.5 Å². The summed E-state index contributed by atoms with van der Waals surface area (Å²) in [5, 5.41) is 2.66. The lowest BCUT2D eigenvalue weighted by Gasteiger charge is -2.20. The number of amides is 2. The quantitative estimate of drug-likeness (QED) is 0.859. The number of nitrogens with one attached hydrogen (secondary N) is 1. The van der Waals surface area contributed by atoms with Crippen LogP contribution >= 0.6 is 0 Å². The van der Waals surface area contributed by atoms with Crippen LogP contribution in [0.5, 0.6) is 0 Å². The van der Waals surface area contributed by atoms with Crippen LogP contribution in [0, 0.1) is 5.92 Å². The largest absolute Gasteiger partial charge is 0.445 e. The topological polar surface area (TPSA) is 71.0 Å². The molecule has 1 atom stereocenters. The highest BCUT2D eigenvalue weighted by Gasteiger charge is 2.34. The second-order valence-corrected chi connectivity index (χ2v) is 7.52. The third-order valence-corrected chi connectivity index (χ3v) is 5.58. The first-order valence-corrected chi connectivity index (χ1v) is 10.1. The van der Waals surface area contributed by atoms with E-state index in [1.54, 1.807) is 11.9 Å². The Morgan fingerprint density at radius 3 is 2.55 bits per heavy atom. The number of hydrogen-bond acceptors (Lipinski definition) is 4. The van der Waals surface area contributed by atoms with Crippen molar-refractivity contribution in [2.24, 2.45) is 10.9 Å². The molecule has 6 nitrogen and oxygen atoms in total. The van der Waals surface area contributed by atoms with E-state index in [1.165, 1.54) is 0 Å². The number of aliphatic imine (C=N–C) groups is 1. The fraction of sp³-hybridized carbons (Fsp3) is 0.348. The predicted molar refractivity (Wildman–Crippen MR) is 112 cm³/mol. The molecule has 2 aliphatic rings. The van der Waals surface area contributed by atoms with Crippen LogP contribution in [0.3, 0.4) is 0 Å². The number of likely N-dealkylation sites (N-methyl/N-ethyl adjacent to an activating group) is 1. The van der Waals surface area contributed by atoms with Crippen molar-refractivity contribution in [3.8, 4) is 0 Å². The lowest BCUT2D eigenvalue weighted by Crippen LogP contribution is -2.46. The standard InChI is InChI=1S/C23H25N3O3/c1-26-19-14-8-7-13-18(19)20(17-11-5-6-12-17)24-21(22(26)27)25-23(28)29-15-16-9-3-2-4-10-16/h2-4,7-10,13-14,17,21H,5-6,11-12,15H2,1H3,(H,25,28). The monoisotopic (exact) mass is 391 g/mol. The fourth-order valence-electron chi connectivity index (χ4n) is 4.04. The van der Waals surface area contributed by atoms with Gasteiger partial charge in [-0.15, -0.1) is 0 Å². The zero-order chi connectivity index (χ0) is 20.2. The minimum Gasteiger partial charge on any atom is -0.445 e. The Labute approximate surface area is 170 Å². The third-order valence-electron chi connectivity index (χ3n) is 5.58. The van der Waals surface area contributed by atoms with Gasteiger partial charge in [-0.1, -0.05) is 61.4 Å². The summed E-state index contributed by atoms with van der Waals surface area (Å²) in [6.07, 6.45) is 2.78. The molecule has 1 N–H and O–H groups in total. The predicted octanol–water partition coefficient (Wildman–Crippen LogP) is 3.89. The molecule has 2 aromatic carbocycles. The van der Waals surface area contributed by atoms with Crippen molar-refractivity contribution in [2.75, 3.05) is 11.9 Å². The smallest absolute Gasteiger partial charge is 0.409 e. The number of carbonyl (C=O) groups excluding carboxylic acids is 2. The lowest BCUT2D eigenvalue weighted by atomic mass is 9.94. The number of nitrogens with zero attached hydrogens (tertiary/aromatic N) is 2. The Balaban J connectivity index is 1.56. The summed E-state index contributed by atoms with van der Waals surface area (Å²) in [6.45, 7) is 0.142. The highest BCUT2D eigenvalue weighted by atomic mass is 16.5. The molecule has 2 aromatic rings. The second kappa shape index (κ2) is 8.47. The summed E-state index contributed by atoms with van der Waals surface area (Å²) < 4.78 is 5.30. The number of benzodiazepines with no additional fused rings is 1. The van der Waals surface area contributed by atoms with Crippen LogP contribution in [0.2, 0.25) is 0 Å². The number of alkyl carbamates (subject to hydrolysis) is 1. The fourth-order valence-corrected chi connectivity index (χ4v) is 4.04. The first-order valence-electron chi connectivity index (χ1n) is 10.1. The molecule has 2 amide bonds. The summed E-state index contributed by atoms with van der Waals surface area (Å²) in [4.78, 5) is 31.7.